The Morgan fingerprint density at radius 3 is 1.50 bits per heavy atom. The van der Waals surface area contributed by atoms with Gasteiger partial charge in [-0.3, -0.25) is 0 Å². The molecule has 0 atom stereocenters. The fourth-order valence-electron chi connectivity index (χ4n) is 0.792. The van der Waals surface area contributed by atoms with E-state index in [0.717, 1.165) is 12.8 Å². The summed E-state index contributed by atoms with van der Waals surface area (Å²) in [7, 11) is 0. The van der Waals surface area contributed by atoms with Crippen molar-refractivity contribution in [3.63, 3.8) is 0 Å². The molecule has 0 aromatic rings. The molecular formula is C10H12. The molecule has 0 bridgehead atoms. The van der Waals surface area contributed by atoms with Crippen molar-refractivity contribution in [2.45, 2.75) is 12.8 Å². The molecule has 0 fully saturated rings. The van der Waals surface area contributed by atoms with Crippen LogP contribution in [0.4, 0.5) is 0 Å². The van der Waals surface area contributed by atoms with Crippen LogP contribution in [-0.4, -0.2) is 0 Å². The molecule has 1 aliphatic carbocycles. The zero-order valence-electron chi connectivity index (χ0n) is 6.03. The van der Waals surface area contributed by atoms with Crippen LogP contribution in [0.15, 0.2) is 48.6 Å². The van der Waals surface area contributed by atoms with Crippen molar-refractivity contribution in [3.8, 4) is 0 Å². The number of allylic oxidation sites excluding steroid dienone is 8. The molecule has 0 unspecified atom stereocenters. The van der Waals surface area contributed by atoms with Gasteiger partial charge in [0.2, 0.25) is 0 Å². The van der Waals surface area contributed by atoms with Gasteiger partial charge in [0.15, 0.2) is 0 Å². The fourth-order valence-corrected chi connectivity index (χ4v) is 0.792. The van der Waals surface area contributed by atoms with Gasteiger partial charge in [-0.1, -0.05) is 48.6 Å². The highest BCUT2D eigenvalue weighted by Gasteiger charge is 1.73. The first-order chi connectivity index (χ1) is 5.00. The second-order valence-corrected chi connectivity index (χ2v) is 2.18. The third kappa shape index (κ3) is 3.08. The van der Waals surface area contributed by atoms with E-state index in [0.29, 0.717) is 0 Å². The summed E-state index contributed by atoms with van der Waals surface area (Å²) in [6.45, 7) is 0. The smallest absolute Gasteiger partial charge is 0.0166 e. The largest absolute Gasteiger partial charge is 0.0844 e. The Kier molecular flexibility index (Phi) is 3.40. The molecular weight excluding hydrogens is 120 g/mol. The van der Waals surface area contributed by atoms with Gasteiger partial charge in [0.25, 0.3) is 0 Å². The Hall–Kier alpha value is -1.04. The lowest BCUT2D eigenvalue weighted by atomic mass is 10.2. The molecule has 0 aromatic carbocycles. The van der Waals surface area contributed by atoms with Crippen molar-refractivity contribution < 1.29 is 0 Å². The molecule has 0 nitrogen and oxygen atoms in total. The van der Waals surface area contributed by atoms with Crippen molar-refractivity contribution in [1.29, 1.82) is 0 Å². The van der Waals surface area contributed by atoms with Gasteiger partial charge < -0.3 is 0 Å². The van der Waals surface area contributed by atoms with Gasteiger partial charge in [-0.25, -0.2) is 0 Å². The lowest BCUT2D eigenvalue weighted by Crippen LogP contribution is -1.62. The van der Waals surface area contributed by atoms with Crippen LogP contribution in [0.1, 0.15) is 12.8 Å². The first-order valence-corrected chi connectivity index (χ1v) is 3.63. The summed E-state index contributed by atoms with van der Waals surface area (Å²) in [5.41, 5.74) is 0. The zero-order chi connectivity index (χ0) is 7.07. The Bertz CT molecular complexity index is 160. The molecule has 0 amide bonds. The summed E-state index contributed by atoms with van der Waals surface area (Å²) in [6, 6.07) is 0. The van der Waals surface area contributed by atoms with Crippen LogP contribution >= 0.6 is 0 Å². The van der Waals surface area contributed by atoms with Gasteiger partial charge in [0, 0.05) is 0 Å². The first-order valence-electron chi connectivity index (χ1n) is 3.63. The summed E-state index contributed by atoms with van der Waals surface area (Å²) in [5.74, 6) is 0. The minimum atomic E-state index is 1.05. The molecule has 1 rings (SSSR count). The summed E-state index contributed by atoms with van der Waals surface area (Å²) in [5, 5.41) is 0. The van der Waals surface area contributed by atoms with Crippen LogP contribution in [0.25, 0.3) is 0 Å². The lowest BCUT2D eigenvalue weighted by molar-refractivity contribution is 1.31. The maximum absolute atomic E-state index is 2.18. The molecule has 0 saturated carbocycles. The van der Waals surface area contributed by atoms with Gasteiger partial charge in [0.1, 0.15) is 0 Å². The third-order valence-corrected chi connectivity index (χ3v) is 1.32. The van der Waals surface area contributed by atoms with E-state index in [1.54, 1.807) is 0 Å². The van der Waals surface area contributed by atoms with Gasteiger partial charge in [-0.05, 0) is 12.8 Å². The van der Waals surface area contributed by atoms with Crippen LogP contribution in [0.5, 0.6) is 0 Å². The third-order valence-electron chi connectivity index (χ3n) is 1.32. The second-order valence-electron chi connectivity index (χ2n) is 2.18. The topological polar surface area (TPSA) is 0 Å². The van der Waals surface area contributed by atoms with E-state index < -0.39 is 0 Å². The van der Waals surface area contributed by atoms with Crippen molar-refractivity contribution in [3.05, 3.63) is 48.6 Å². The van der Waals surface area contributed by atoms with Crippen LogP contribution in [-0.2, 0) is 0 Å². The average molecular weight is 132 g/mol. The van der Waals surface area contributed by atoms with Gasteiger partial charge in [-0.2, -0.15) is 0 Å². The molecule has 0 heterocycles. The molecule has 0 heteroatoms. The highest BCUT2D eigenvalue weighted by molar-refractivity contribution is 5.14. The van der Waals surface area contributed by atoms with Crippen LogP contribution in [0.2, 0.25) is 0 Å². The Morgan fingerprint density at radius 2 is 1.00 bits per heavy atom. The van der Waals surface area contributed by atoms with Gasteiger partial charge in [0.05, 0.1) is 0 Å². The Balaban J connectivity index is 2.51. The Morgan fingerprint density at radius 1 is 0.500 bits per heavy atom. The van der Waals surface area contributed by atoms with Crippen LogP contribution < -0.4 is 0 Å². The van der Waals surface area contributed by atoms with E-state index in [1.807, 2.05) is 0 Å². The van der Waals surface area contributed by atoms with Crippen molar-refractivity contribution in [2.75, 3.05) is 0 Å². The summed E-state index contributed by atoms with van der Waals surface area (Å²) < 4.78 is 0. The van der Waals surface area contributed by atoms with E-state index >= 15 is 0 Å². The van der Waals surface area contributed by atoms with Gasteiger partial charge in [-0.15, -0.1) is 0 Å². The van der Waals surface area contributed by atoms with Crippen molar-refractivity contribution >= 4 is 0 Å². The number of rotatable bonds is 0. The van der Waals surface area contributed by atoms with E-state index in [4.69, 9.17) is 0 Å². The SMILES string of the molecule is C1=CC\C=C/C=C/C=C\C1. The lowest BCUT2D eigenvalue weighted by Gasteiger charge is -1.84. The quantitative estimate of drug-likeness (QED) is 0.444. The first kappa shape index (κ1) is 7.07. The number of hydrogen-bond donors (Lipinski definition) is 0. The maximum Gasteiger partial charge on any atom is -0.0166 e. The molecule has 0 saturated heterocycles. The van der Waals surface area contributed by atoms with E-state index in [9.17, 15) is 0 Å². The predicted octanol–water partition coefficient (Wildman–Crippen LogP) is 3.01. The molecule has 0 aliphatic heterocycles. The van der Waals surface area contributed by atoms with Crippen LogP contribution in [0, 0.1) is 0 Å². The van der Waals surface area contributed by atoms with Crippen molar-refractivity contribution in [1.82, 2.24) is 0 Å². The Labute approximate surface area is 62.3 Å². The molecule has 0 spiro atoms. The predicted molar refractivity (Wildman–Crippen MR) is 45.8 cm³/mol. The zero-order valence-corrected chi connectivity index (χ0v) is 6.03. The monoisotopic (exact) mass is 132 g/mol. The summed E-state index contributed by atoms with van der Waals surface area (Å²) in [6.07, 6.45) is 19.0. The number of hydrogen-bond acceptors (Lipinski definition) is 0. The molecule has 1 aliphatic rings. The minimum Gasteiger partial charge on any atom is -0.0844 e. The standard InChI is InChI=1S/C10H12/c1-2-4-6-8-10-9-7-5-3-1/h1-6,9-10H,7-8H2/b2-1+,5-3-,6-4-,10-9?. The summed E-state index contributed by atoms with van der Waals surface area (Å²) in [4.78, 5) is 0. The normalized spacial score (nSPS) is 27.2. The molecule has 0 radical (unpaired) electrons. The van der Waals surface area contributed by atoms with Crippen molar-refractivity contribution in [2.24, 2.45) is 0 Å². The molecule has 0 N–H and O–H groups in total. The molecule has 10 heavy (non-hydrogen) atoms. The van der Waals surface area contributed by atoms with Crippen LogP contribution in [0.3, 0.4) is 0 Å². The fraction of sp³-hybridized carbons (Fsp3) is 0.200. The highest BCUT2D eigenvalue weighted by atomic mass is 13.8. The highest BCUT2D eigenvalue weighted by Crippen LogP contribution is 1.94. The molecule has 0 aromatic heterocycles. The average Bonchev–Trinajstić information content (AvgIpc) is 2.01. The van der Waals surface area contributed by atoms with E-state index in [1.165, 1.54) is 0 Å². The van der Waals surface area contributed by atoms with E-state index in [-0.39, 0.29) is 0 Å². The maximum atomic E-state index is 2.18. The molecule has 52 valence electrons. The van der Waals surface area contributed by atoms with Gasteiger partial charge >= 0.3 is 0 Å². The van der Waals surface area contributed by atoms with E-state index in [2.05, 4.69) is 48.6 Å². The minimum absolute atomic E-state index is 1.05. The summed E-state index contributed by atoms with van der Waals surface area (Å²) >= 11 is 0. The second kappa shape index (κ2) is 4.80.